The number of rotatable bonds is 10. The summed E-state index contributed by atoms with van der Waals surface area (Å²) >= 11 is 0. The molecule has 2 aromatic carbocycles. The zero-order valence-corrected chi connectivity index (χ0v) is 20.7. The van der Waals surface area contributed by atoms with Gasteiger partial charge in [-0.1, -0.05) is 49.4 Å². The lowest BCUT2D eigenvalue weighted by atomic mass is 10.1. The lowest BCUT2D eigenvalue weighted by Gasteiger charge is -2.22. The molecule has 36 heavy (non-hydrogen) atoms. The number of nitrogens with zero attached hydrogens (tertiary/aromatic N) is 3. The average molecular weight is 484 g/mol. The number of likely N-dealkylation sites (N-methyl/N-ethyl adjacent to an activating group) is 1. The maximum Gasteiger partial charge on any atom is 0.258 e. The predicted molar refractivity (Wildman–Crippen MR) is 142 cm³/mol. The molecule has 1 atom stereocenters. The van der Waals surface area contributed by atoms with E-state index in [9.17, 15) is 4.79 Å². The first-order valence-corrected chi connectivity index (χ1v) is 12.8. The summed E-state index contributed by atoms with van der Waals surface area (Å²) < 4.78 is 5.94. The molecule has 4 aromatic rings. The molecule has 5 rings (SSSR count). The number of H-pyrrole nitrogens is 1. The Morgan fingerprint density at radius 2 is 1.89 bits per heavy atom. The number of ether oxygens (including phenoxy) is 1. The Morgan fingerprint density at radius 3 is 2.69 bits per heavy atom. The average Bonchev–Trinajstić information content (AvgIpc) is 3.37. The fraction of sp³-hybridized carbons (Fsp3) is 0.345. The third kappa shape index (κ3) is 5.80. The smallest absolute Gasteiger partial charge is 0.258 e. The van der Waals surface area contributed by atoms with Gasteiger partial charge in [0.15, 0.2) is 0 Å². The van der Waals surface area contributed by atoms with Crippen LogP contribution in [-0.2, 0) is 19.6 Å². The number of hydrogen-bond donors (Lipinski definition) is 2. The van der Waals surface area contributed by atoms with E-state index in [1.165, 1.54) is 30.5 Å². The minimum Gasteiger partial charge on any atom is -0.486 e. The molecule has 1 fully saturated rings. The molecular weight excluding hydrogens is 450 g/mol. The van der Waals surface area contributed by atoms with E-state index in [0.717, 1.165) is 31.0 Å². The van der Waals surface area contributed by atoms with Crippen LogP contribution in [0.25, 0.3) is 10.9 Å². The molecule has 0 bridgehead atoms. The Hall–Kier alpha value is -3.55. The van der Waals surface area contributed by atoms with Crippen molar-refractivity contribution in [2.24, 2.45) is 0 Å². The molecule has 0 amide bonds. The van der Waals surface area contributed by atoms with Gasteiger partial charge in [0.2, 0.25) is 0 Å². The van der Waals surface area contributed by atoms with Crippen LogP contribution in [0.4, 0.5) is 0 Å². The second-order valence-electron chi connectivity index (χ2n) is 9.32. The summed E-state index contributed by atoms with van der Waals surface area (Å²) in [5.74, 6) is 1.22. The van der Waals surface area contributed by atoms with Crippen LogP contribution in [0.2, 0.25) is 0 Å². The predicted octanol–water partition coefficient (Wildman–Crippen LogP) is 4.06. The van der Waals surface area contributed by atoms with E-state index in [4.69, 9.17) is 9.72 Å². The molecule has 0 aliphatic carbocycles. The number of benzene rings is 2. The van der Waals surface area contributed by atoms with Gasteiger partial charge in [-0.25, -0.2) is 4.98 Å². The van der Waals surface area contributed by atoms with Crippen molar-refractivity contribution in [2.75, 3.05) is 19.6 Å². The summed E-state index contributed by atoms with van der Waals surface area (Å²) in [5.41, 5.74) is 3.73. The SMILES string of the molecule is CCN1CCC[C@H]1CNCc1nccc2c(=O)[nH]c(COc3ccc(Cc4ccccc4)cc3)nc12. The maximum absolute atomic E-state index is 12.7. The Bertz CT molecular complexity index is 1340. The standard InChI is InChI=1S/C29H33N5O2/c1-2-34-16-6-9-23(34)18-30-19-26-28-25(14-15-31-26)29(35)33-27(32-28)20-36-24-12-10-22(11-13-24)17-21-7-4-3-5-8-21/h3-5,7-8,10-15,23,30H,2,6,9,16-20H2,1H3,(H,32,33,35)/t23-/m0/s1. The summed E-state index contributed by atoms with van der Waals surface area (Å²) in [5, 5.41) is 4.08. The fourth-order valence-corrected chi connectivity index (χ4v) is 4.95. The lowest BCUT2D eigenvalue weighted by molar-refractivity contribution is 0.259. The maximum atomic E-state index is 12.7. The van der Waals surface area contributed by atoms with Crippen molar-refractivity contribution in [1.82, 2.24) is 25.2 Å². The van der Waals surface area contributed by atoms with E-state index in [1.54, 1.807) is 12.3 Å². The number of aromatic nitrogens is 3. The van der Waals surface area contributed by atoms with E-state index in [-0.39, 0.29) is 12.2 Å². The molecule has 2 N–H and O–H groups in total. The monoisotopic (exact) mass is 483 g/mol. The minimum absolute atomic E-state index is 0.173. The number of fused-ring (bicyclic) bond motifs is 1. The molecule has 1 aliphatic heterocycles. The van der Waals surface area contributed by atoms with Gasteiger partial charge >= 0.3 is 0 Å². The van der Waals surface area contributed by atoms with Crippen LogP contribution < -0.4 is 15.6 Å². The first-order chi connectivity index (χ1) is 17.7. The van der Waals surface area contributed by atoms with Crippen LogP contribution in [-0.4, -0.2) is 45.5 Å². The number of nitrogens with one attached hydrogen (secondary N) is 2. The fourth-order valence-electron chi connectivity index (χ4n) is 4.95. The van der Waals surface area contributed by atoms with Crippen molar-refractivity contribution in [2.45, 2.75) is 45.4 Å². The van der Waals surface area contributed by atoms with Gasteiger partial charge in [0.1, 0.15) is 23.7 Å². The summed E-state index contributed by atoms with van der Waals surface area (Å²) in [7, 11) is 0. The van der Waals surface area contributed by atoms with Crippen LogP contribution in [0.5, 0.6) is 5.75 Å². The highest BCUT2D eigenvalue weighted by Gasteiger charge is 2.22. The summed E-state index contributed by atoms with van der Waals surface area (Å²) in [6.45, 7) is 6.12. The molecule has 0 unspecified atom stereocenters. The highest BCUT2D eigenvalue weighted by Crippen LogP contribution is 2.18. The topological polar surface area (TPSA) is 83.1 Å². The minimum atomic E-state index is -0.173. The third-order valence-corrected chi connectivity index (χ3v) is 6.88. The Labute approximate surface area is 211 Å². The number of likely N-dealkylation sites (tertiary alicyclic amines) is 1. The van der Waals surface area contributed by atoms with Crippen LogP contribution in [0.3, 0.4) is 0 Å². The molecule has 7 nitrogen and oxygen atoms in total. The molecule has 186 valence electrons. The normalized spacial score (nSPS) is 16.0. The van der Waals surface area contributed by atoms with E-state index in [0.29, 0.717) is 29.3 Å². The molecule has 3 heterocycles. The largest absolute Gasteiger partial charge is 0.486 e. The molecule has 1 aliphatic rings. The Morgan fingerprint density at radius 1 is 1.08 bits per heavy atom. The quantitative estimate of drug-likeness (QED) is 0.354. The molecular formula is C29H33N5O2. The number of aromatic amines is 1. The van der Waals surface area contributed by atoms with Gasteiger partial charge in [0, 0.05) is 25.3 Å². The van der Waals surface area contributed by atoms with Crippen LogP contribution >= 0.6 is 0 Å². The van der Waals surface area contributed by atoms with Crippen molar-refractivity contribution in [3.05, 3.63) is 99.9 Å². The van der Waals surface area contributed by atoms with Crippen molar-refractivity contribution < 1.29 is 4.74 Å². The first-order valence-electron chi connectivity index (χ1n) is 12.8. The van der Waals surface area contributed by atoms with E-state index in [1.807, 2.05) is 18.2 Å². The Balaban J connectivity index is 1.24. The summed E-state index contributed by atoms with van der Waals surface area (Å²) in [6, 6.07) is 20.7. The van der Waals surface area contributed by atoms with Gasteiger partial charge in [0.25, 0.3) is 5.56 Å². The van der Waals surface area contributed by atoms with Gasteiger partial charge in [0.05, 0.1) is 11.1 Å². The van der Waals surface area contributed by atoms with Crippen molar-refractivity contribution in [3.63, 3.8) is 0 Å². The number of hydrogen-bond acceptors (Lipinski definition) is 6. The number of pyridine rings is 1. The van der Waals surface area contributed by atoms with Gasteiger partial charge < -0.3 is 15.0 Å². The molecule has 2 aromatic heterocycles. The molecule has 0 radical (unpaired) electrons. The van der Waals surface area contributed by atoms with Crippen molar-refractivity contribution >= 4 is 10.9 Å². The highest BCUT2D eigenvalue weighted by atomic mass is 16.5. The van der Waals surface area contributed by atoms with E-state index >= 15 is 0 Å². The van der Waals surface area contributed by atoms with Crippen molar-refractivity contribution in [1.29, 1.82) is 0 Å². The van der Waals surface area contributed by atoms with Gasteiger partial charge in [-0.2, -0.15) is 0 Å². The lowest BCUT2D eigenvalue weighted by Crippen LogP contribution is -2.37. The second kappa shape index (κ2) is 11.5. The van der Waals surface area contributed by atoms with Crippen LogP contribution in [0.1, 0.15) is 42.4 Å². The van der Waals surface area contributed by atoms with Gasteiger partial charge in [-0.05, 0) is 61.7 Å². The van der Waals surface area contributed by atoms with Gasteiger partial charge in [-0.3, -0.25) is 14.7 Å². The van der Waals surface area contributed by atoms with Gasteiger partial charge in [-0.15, -0.1) is 0 Å². The highest BCUT2D eigenvalue weighted by molar-refractivity contribution is 5.79. The second-order valence-corrected chi connectivity index (χ2v) is 9.32. The van der Waals surface area contributed by atoms with E-state index in [2.05, 4.69) is 63.5 Å². The molecule has 1 saturated heterocycles. The Kier molecular flexibility index (Phi) is 7.69. The zero-order valence-electron chi connectivity index (χ0n) is 20.7. The summed E-state index contributed by atoms with van der Waals surface area (Å²) in [6.07, 6.45) is 5.03. The molecule has 0 saturated carbocycles. The van der Waals surface area contributed by atoms with E-state index < -0.39 is 0 Å². The molecule has 7 heteroatoms. The third-order valence-electron chi connectivity index (χ3n) is 6.88. The van der Waals surface area contributed by atoms with Crippen LogP contribution in [0.15, 0.2) is 71.7 Å². The van der Waals surface area contributed by atoms with Crippen LogP contribution in [0, 0.1) is 0 Å². The first kappa shape index (κ1) is 24.2. The summed E-state index contributed by atoms with van der Waals surface area (Å²) in [4.78, 5) is 27.3. The van der Waals surface area contributed by atoms with Crippen molar-refractivity contribution in [3.8, 4) is 5.75 Å². The zero-order chi connectivity index (χ0) is 24.7. The molecule has 0 spiro atoms.